The van der Waals surface area contributed by atoms with E-state index in [0.29, 0.717) is 35.2 Å². The molecule has 0 bridgehead atoms. The van der Waals surface area contributed by atoms with Gasteiger partial charge in [-0.15, -0.1) is 0 Å². The maximum Gasteiger partial charge on any atom is 0.251 e. The summed E-state index contributed by atoms with van der Waals surface area (Å²) in [6.45, 7) is 3.61. The van der Waals surface area contributed by atoms with Gasteiger partial charge >= 0.3 is 0 Å². The van der Waals surface area contributed by atoms with Crippen LogP contribution in [0.4, 0.5) is 0 Å². The highest BCUT2D eigenvalue weighted by Crippen LogP contribution is 2.36. The number of hydrogen-bond donors (Lipinski definition) is 1. The van der Waals surface area contributed by atoms with E-state index in [1.165, 1.54) is 7.11 Å². The van der Waals surface area contributed by atoms with Crippen molar-refractivity contribution in [2.45, 2.75) is 25.9 Å². The van der Waals surface area contributed by atoms with Crippen LogP contribution in [0.15, 0.2) is 12.1 Å². The quantitative estimate of drug-likeness (QED) is 0.877. The number of ether oxygens (including phenoxy) is 3. The van der Waals surface area contributed by atoms with Gasteiger partial charge in [0.15, 0.2) is 11.5 Å². The fourth-order valence-corrected chi connectivity index (χ4v) is 2.51. The van der Waals surface area contributed by atoms with E-state index in [4.69, 9.17) is 25.8 Å². The molecule has 5 nitrogen and oxygen atoms in total. The van der Waals surface area contributed by atoms with Gasteiger partial charge in [-0.3, -0.25) is 4.79 Å². The molecule has 116 valence electrons. The topological polar surface area (TPSA) is 56.8 Å². The summed E-state index contributed by atoms with van der Waals surface area (Å²) in [5.41, 5.74) is 0.443. The molecule has 1 N–H and O–H groups in total. The summed E-state index contributed by atoms with van der Waals surface area (Å²) in [6, 6.07) is 3.21. The first-order valence-corrected chi connectivity index (χ1v) is 7.43. The summed E-state index contributed by atoms with van der Waals surface area (Å²) in [6.07, 6.45) is 2.13. The van der Waals surface area contributed by atoms with Crippen LogP contribution in [0, 0.1) is 0 Å². The van der Waals surface area contributed by atoms with E-state index >= 15 is 0 Å². The molecule has 0 radical (unpaired) electrons. The van der Waals surface area contributed by atoms with E-state index in [9.17, 15) is 4.79 Å². The molecular formula is C15H20ClNO4. The molecule has 1 aliphatic heterocycles. The molecule has 6 heteroatoms. The lowest BCUT2D eigenvalue weighted by Crippen LogP contribution is -2.31. The number of benzene rings is 1. The van der Waals surface area contributed by atoms with Crippen molar-refractivity contribution in [3.63, 3.8) is 0 Å². The van der Waals surface area contributed by atoms with Gasteiger partial charge in [0.25, 0.3) is 5.91 Å². The number of amides is 1. The van der Waals surface area contributed by atoms with Gasteiger partial charge in [-0.1, -0.05) is 11.6 Å². The number of methoxy groups -OCH3 is 1. The summed E-state index contributed by atoms with van der Waals surface area (Å²) in [4.78, 5) is 12.2. The lowest BCUT2D eigenvalue weighted by molar-refractivity contribution is 0.0857. The van der Waals surface area contributed by atoms with Crippen molar-refractivity contribution < 1.29 is 19.0 Å². The molecule has 1 aliphatic rings. The molecular weight excluding hydrogens is 294 g/mol. The third kappa shape index (κ3) is 4.02. The van der Waals surface area contributed by atoms with Crippen LogP contribution < -0.4 is 14.8 Å². The second kappa shape index (κ2) is 7.52. The summed E-state index contributed by atoms with van der Waals surface area (Å²) >= 11 is 6.15. The first-order valence-electron chi connectivity index (χ1n) is 7.05. The summed E-state index contributed by atoms with van der Waals surface area (Å²) in [5, 5.41) is 3.21. The van der Waals surface area contributed by atoms with Crippen LogP contribution in [0.1, 0.15) is 30.1 Å². The first kappa shape index (κ1) is 15.9. The second-order valence-electron chi connectivity index (χ2n) is 4.77. The maximum atomic E-state index is 12.2. The zero-order chi connectivity index (χ0) is 15.2. The van der Waals surface area contributed by atoms with Gasteiger partial charge in [0, 0.05) is 18.7 Å². The minimum absolute atomic E-state index is 0.106. The van der Waals surface area contributed by atoms with Gasteiger partial charge in [-0.25, -0.2) is 0 Å². The fourth-order valence-electron chi connectivity index (χ4n) is 2.25. The van der Waals surface area contributed by atoms with Gasteiger partial charge < -0.3 is 19.5 Å². The minimum Gasteiger partial charge on any atom is -0.493 e. The van der Waals surface area contributed by atoms with E-state index < -0.39 is 0 Å². The van der Waals surface area contributed by atoms with Gasteiger partial charge in [-0.05, 0) is 31.9 Å². The van der Waals surface area contributed by atoms with Gasteiger partial charge in [0.05, 0.1) is 24.8 Å². The lowest BCUT2D eigenvalue weighted by atomic mass is 10.1. The molecule has 1 fully saturated rings. The van der Waals surface area contributed by atoms with E-state index in [0.717, 1.165) is 19.4 Å². The normalized spacial score (nSPS) is 17.6. The fraction of sp³-hybridized carbons (Fsp3) is 0.533. The standard InChI is InChI=1S/C15H20ClNO4/c1-3-20-14-12(16)7-10(8-13(14)19-2)15(18)17-9-11-5-4-6-21-11/h7-8,11H,3-6,9H2,1-2H3,(H,17,18). The van der Waals surface area contributed by atoms with E-state index in [2.05, 4.69) is 5.32 Å². The van der Waals surface area contributed by atoms with Gasteiger partial charge in [0.2, 0.25) is 0 Å². The van der Waals surface area contributed by atoms with Crippen LogP contribution in [0.5, 0.6) is 11.5 Å². The SMILES string of the molecule is CCOc1c(Cl)cc(C(=O)NCC2CCCO2)cc1OC. The van der Waals surface area contributed by atoms with Crippen molar-refractivity contribution in [3.8, 4) is 11.5 Å². The number of rotatable bonds is 6. The zero-order valence-electron chi connectivity index (χ0n) is 12.3. The third-order valence-corrected chi connectivity index (χ3v) is 3.58. The molecule has 1 aromatic carbocycles. The van der Waals surface area contributed by atoms with Crippen molar-refractivity contribution in [1.29, 1.82) is 0 Å². The Morgan fingerprint density at radius 1 is 1.52 bits per heavy atom. The number of carbonyl (C=O) groups is 1. The van der Waals surface area contributed by atoms with Crippen molar-refractivity contribution >= 4 is 17.5 Å². The van der Waals surface area contributed by atoms with Crippen molar-refractivity contribution in [1.82, 2.24) is 5.32 Å². The van der Waals surface area contributed by atoms with Crippen LogP contribution in [0.3, 0.4) is 0 Å². The van der Waals surface area contributed by atoms with E-state index in [1.807, 2.05) is 6.92 Å². The van der Waals surface area contributed by atoms with Crippen LogP contribution >= 0.6 is 11.6 Å². The number of nitrogens with one attached hydrogen (secondary N) is 1. The molecule has 0 spiro atoms. The Morgan fingerprint density at radius 2 is 2.33 bits per heavy atom. The van der Waals surface area contributed by atoms with Crippen molar-refractivity contribution in [2.24, 2.45) is 0 Å². The number of carbonyl (C=O) groups excluding carboxylic acids is 1. The maximum absolute atomic E-state index is 12.2. The molecule has 1 amide bonds. The Morgan fingerprint density at radius 3 is 2.95 bits per heavy atom. The molecule has 2 rings (SSSR count). The molecule has 1 unspecified atom stereocenters. The molecule has 21 heavy (non-hydrogen) atoms. The lowest BCUT2D eigenvalue weighted by Gasteiger charge is -2.14. The van der Waals surface area contributed by atoms with E-state index in [-0.39, 0.29) is 12.0 Å². The monoisotopic (exact) mass is 313 g/mol. The van der Waals surface area contributed by atoms with E-state index in [1.54, 1.807) is 12.1 Å². The number of halogens is 1. The summed E-state index contributed by atoms with van der Waals surface area (Å²) < 4.78 is 16.1. The molecule has 0 aliphatic carbocycles. The largest absolute Gasteiger partial charge is 0.493 e. The Balaban J connectivity index is 2.07. The average Bonchev–Trinajstić information content (AvgIpc) is 3.00. The molecule has 1 aromatic rings. The summed E-state index contributed by atoms with van der Waals surface area (Å²) in [5.74, 6) is 0.706. The molecule has 1 saturated heterocycles. The molecule has 1 atom stereocenters. The Bertz CT molecular complexity index is 501. The average molecular weight is 314 g/mol. The highest BCUT2D eigenvalue weighted by molar-refractivity contribution is 6.32. The minimum atomic E-state index is -0.200. The predicted octanol–water partition coefficient (Wildman–Crippen LogP) is 2.66. The van der Waals surface area contributed by atoms with Crippen molar-refractivity contribution in [3.05, 3.63) is 22.7 Å². The Hall–Kier alpha value is -1.46. The molecule has 1 heterocycles. The van der Waals surface area contributed by atoms with Gasteiger partial charge in [0.1, 0.15) is 0 Å². The van der Waals surface area contributed by atoms with Crippen LogP contribution in [-0.4, -0.2) is 38.9 Å². The summed E-state index contributed by atoms with van der Waals surface area (Å²) in [7, 11) is 1.52. The third-order valence-electron chi connectivity index (χ3n) is 3.29. The smallest absolute Gasteiger partial charge is 0.251 e. The van der Waals surface area contributed by atoms with Crippen molar-refractivity contribution in [2.75, 3.05) is 26.9 Å². The Labute approximate surface area is 129 Å². The van der Waals surface area contributed by atoms with Gasteiger partial charge in [-0.2, -0.15) is 0 Å². The predicted molar refractivity (Wildman–Crippen MR) is 80.5 cm³/mol. The first-order chi connectivity index (χ1) is 10.2. The highest BCUT2D eigenvalue weighted by atomic mass is 35.5. The molecule has 0 aromatic heterocycles. The van der Waals surface area contributed by atoms with Crippen LogP contribution in [-0.2, 0) is 4.74 Å². The Kier molecular flexibility index (Phi) is 5.70. The molecule has 0 saturated carbocycles. The number of hydrogen-bond acceptors (Lipinski definition) is 4. The highest BCUT2D eigenvalue weighted by Gasteiger charge is 2.19. The van der Waals surface area contributed by atoms with Crippen LogP contribution in [0.2, 0.25) is 5.02 Å². The van der Waals surface area contributed by atoms with Crippen LogP contribution in [0.25, 0.3) is 0 Å². The second-order valence-corrected chi connectivity index (χ2v) is 5.17. The zero-order valence-corrected chi connectivity index (χ0v) is 13.0.